The van der Waals surface area contributed by atoms with E-state index in [1.54, 1.807) is 24.5 Å². The molecular weight excluding hydrogens is 517 g/mol. The van der Waals surface area contributed by atoms with Crippen LogP contribution in [-0.2, 0) is 23.5 Å². The minimum Gasteiger partial charge on any atom is -0.376 e. The summed E-state index contributed by atoms with van der Waals surface area (Å²) in [5, 5.41) is 13.0. The molecule has 1 fully saturated rings. The molecule has 3 aromatic rings. The fourth-order valence-electron chi connectivity index (χ4n) is 5.11. The van der Waals surface area contributed by atoms with E-state index in [0.717, 1.165) is 47.8 Å². The molecule has 1 aromatic heterocycles. The summed E-state index contributed by atoms with van der Waals surface area (Å²) in [6, 6.07) is 15.7. The van der Waals surface area contributed by atoms with Gasteiger partial charge in [0.05, 0.1) is 0 Å². The summed E-state index contributed by atoms with van der Waals surface area (Å²) in [5.41, 5.74) is 1.81. The minimum atomic E-state index is -4.76. The molecule has 4 rings (SSSR count). The van der Waals surface area contributed by atoms with E-state index in [2.05, 4.69) is 26.2 Å². The molecule has 1 amide bonds. The third kappa shape index (κ3) is 6.89. The molecule has 1 saturated heterocycles. The second-order valence-corrected chi connectivity index (χ2v) is 11.0. The number of piperazine rings is 1. The molecule has 2 N–H and O–H groups in total. The zero-order valence-corrected chi connectivity index (χ0v) is 23.4. The van der Waals surface area contributed by atoms with E-state index in [9.17, 15) is 23.1 Å². The van der Waals surface area contributed by atoms with Crippen molar-refractivity contribution in [2.75, 3.05) is 19.6 Å². The van der Waals surface area contributed by atoms with Gasteiger partial charge >= 0.3 is 6.18 Å². The first-order valence-electron chi connectivity index (χ1n) is 13.5. The number of halogens is 3. The lowest BCUT2D eigenvalue weighted by Gasteiger charge is -2.41. The van der Waals surface area contributed by atoms with Crippen LogP contribution in [0, 0.1) is 6.92 Å². The highest BCUT2D eigenvalue weighted by Gasteiger charge is 2.51. The zero-order valence-electron chi connectivity index (χ0n) is 23.4. The number of aryl methyl sites for hydroxylation is 1. The number of nitrogens with zero attached hydrogens (tertiary/aromatic N) is 3. The lowest BCUT2D eigenvalue weighted by Crippen LogP contribution is -2.59. The average molecular weight is 555 g/mol. The van der Waals surface area contributed by atoms with E-state index in [1.807, 2.05) is 45.0 Å². The fraction of sp³-hybridized carbons (Fsp3) is 0.419. The maximum Gasteiger partial charge on any atom is 0.421 e. The van der Waals surface area contributed by atoms with Crippen LogP contribution in [0.5, 0.6) is 0 Å². The van der Waals surface area contributed by atoms with Gasteiger partial charge in [-0.05, 0) is 73.2 Å². The Kier molecular flexibility index (Phi) is 8.97. The highest BCUT2D eigenvalue weighted by Crippen LogP contribution is 2.39. The Morgan fingerprint density at radius 1 is 1.02 bits per heavy atom. The molecule has 2 unspecified atom stereocenters. The van der Waals surface area contributed by atoms with Crippen LogP contribution >= 0.6 is 0 Å². The lowest BCUT2D eigenvalue weighted by molar-refractivity contribution is -0.258. The molecule has 1 aliphatic rings. The number of nitrogens with one attached hydrogen (secondary N) is 1. The van der Waals surface area contributed by atoms with Crippen LogP contribution in [0.4, 0.5) is 13.2 Å². The molecular formula is C31H37F3N4O2. The summed E-state index contributed by atoms with van der Waals surface area (Å²) in [5.74, 6) is 0.0215. The van der Waals surface area contributed by atoms with Gasteiger partial charge < -0.3 is 10.4 Å². The van der Waals surface area contributed by atoms with Gasteiger partial charge in [-0.15, -0.1) is 0 Å². The predicted octanol–water partition coefficient (Wildman–Crippen LogP) is 5.04. The van der Waals surface area contributed by atoms with Crippen molar-refractivity contribution < 1.29 is 23.1 Å². The number of carbonyl (C=O) groups is 1. The molecule has 1 aliphatic heterocycles. The molecule has 2 atom stereocenters. The second-order valence-electron chi connectivity index (χ2n) is 11.0. The van der Waals surface area contributed by atoms with Crippen molar-refractivity contribution in [1.29, 1.82) is 0 Å². The summed E-state index contributed by atoms with van der Waals surface area (Å²) >= 11 is 0. The molecule has 2 aromatic carbocycles. The van der Waals surface area contributed by atoms with Gasteiger partial charge in [0, 0.05) is 51.2 Å². The smallest absolute Gasteiger partial charge is 0.376 e. The number of amides is 1. The largest absolute Gasteiger partial charge is 0.421 e. The van der Waals surface area contributed by atoms with Crippen LogP contribution in [-0.4, -0.2) is 63.7 Å². The van der Waals surface area contributed by atoms with Crippen molar-refractivity contribution in [1.82, 2.24) is 20.1 Å². The van der Waals surface area contributed by atoms with Crippen molar-refractivity contribution in [2.45, 2.75) is 64.6 Å². The van der Waals surface area contributed by atoms with Gasteiger partial charge in [-0.3, -0.25) is 19.6 Å². The number of carbonyl (C=O) groups excluding carboxylic acids is 1. The number of aliphatic hydroxyl groups is 1. The average Bonchev–Trinajstić information content (AvgIpc) is 2.89. The molecule has 0 bridgehead atoms. The highest BCUT2D eigenvalue weighted by atomic mass is 19.4. The quantitative estimate of drug-likeness (QED) is 0.409. The first-order valence-corrected chi connectivity index (χ1v) is 13.5. The summed E-state index contributed by atoms with van der Waals surface area (Å²) in [4.78, 5) is 21.7. The van der Waals surface area contributed by atoms with Crippen LogP contribution in [0.25, 0.3) is 11.1 Å². The van der Waals surface area contributed by atoms with Gasteiger partial charge in [-0.2, -0.15) is 13.2 Å². The van der Waals surface area contributed by atoms with Crippen molar-refractivity contribution in [2.24, 2.45) is 0 Å². The minimum absolute atomic E-state index is 0.0215. The number of rotatable bonds is 8. The molecule has 6 nitrogen and oxygen atoms in total. The Hall–Kier alpha value is -3.27. The fourth-order valence-corrected chi connectivity index (χ4v) is 5.11. The van der Waals surface area contributed by atoms with E-state index >= 15 is 0 Å². The molecule has 214 valence electrons. The standard InChI is InChI=1S/C31H37F3N4O2/c1-21(2)36-29(39)28-20-37(15-16-38(28)19-23-11-13-35-14-12-23)18-24-5-10-27(22(3)17-24)25-6-8-26(9-7-25)30(4,40)31(32,33)34/h5-14,17,21,28,40H,15-16,18-20H2,1-4H3,(H,36,39). The summed E-state index contributed by atoms with van der Waals surface area (Å²) < 4.78 is 39.6. The highest BCUT2D eigenvalue weighted by molar-refractivity contribution is 5.82. The molecule has 0 spiro atoms. The predicted molar refractivity (Wildman–Crippen MR) is 149 cm³/mol. The third-order valence-electron chi connectivity index (χ3n) is 7.45. The van der Waals surface area contributed by atoms with Crippen LogP contribution in [0.15, 0.2) is 67.0 Å². The monoisotopic (exact) mass is 554 g/mol. The number of benzene rings is 2. The normalized spacial score (nSPS) is 18.5. The Bertz CT molecular complexity index is 1290. The first kappa shape index (κ1) is 29.7. The lowest BCUT2D eigenvalue weighted by atomic mass is 9.92. The first-order chi connectivity index (χ1) is 18.8. The molecule has 9 heteroatoms. The van der Waals surface area contributed by atoms with E-state index < -0.39 is 11.8 Å². The maximum absolute atomic E-state index is 13.2. The van der Waals surface area contributed by atoms with Crippen LogP contribution in [0.2, 0.25) is 0 Å². The summed E-state index contributed by atoms with van der Waals surface area (Å²) in [7, 11) is 0. The van der Waals surface area contributed by atoms with E-state index in [0.29, 0.717) is 19.6 Å². The van der Waals surface area contributed by atoms with Crippen molar-refractivity contribution >= 4 is 5.91 Å². The molecule has 0 radical (unpaired) electrons. The Morgan fingerprint density at radius 2 is 1.70 bits per heavy atom. The Morgan fingerprint density at radius 3 is 2.30 bits per heavy atom. The van der Waals surface area contributed by atoms with E-state index in [4.69, 9.17) is 0 Å². The van der Waals surface area contributed by atoms with Crippen molar-refractivity contribution in [3.63, 3.8) is 0 Å². The van der Waals surface area contributed by atoms with Gasteiger partial charge in [0.2, 0.25) is 5.91 Å². The molecule has 0 aliphatic carbocycles. The van der Waals surface area contributed by atoms with E-state index in [-0.39, 0.29) is 23.6 Å². The van der Waals surface area contributed by atoms with Gasteiger partial charge in [0.15, 0.2) is 5.60 Å². The maximum atomic E-state index is 13.2. The number of aromatic nitrogens is 1. The zero-order chi connectivity index (χ0) is 29.1. The summed E-state index contributed by atoms with van der Waals surface area (Å²) in [6.07, 6.45) is -1.23. The number of alkyl halides is 3. The topological polar surface area (TPSA) is 68.7 Å². The van der Waals surface area contributed by atoms with Gasteiger partial charge in [-0.1, -0.05) is 42.5 Å². The van der Waals surface area contributed by atoms with Crippen molar-refractivity contribution in [3.8, 4) is 11.1 Å². The summed E-state index contributed by atoms with van der Waals surface area (Å²) in [6.45, 7) is 10.2. The van der Waals surface area contributed by atoms with Crippen LogP contribution in [0.1, 0.15) is 43.0 Å². The molecule has 2 heterocycles. The number of hydrogen-bond donors (Lipinski definition) is 2. The van der Waals surface area contributed by atoms with Gasteiger partial charge in [0.1, 0.15) is 6.04 Å². The molecule has 0 saturated carbocycles. The Balaban J connectivity index is 1.46. The number of hydrogen-bond acceptors (Lipinski definition) is 5. The van der Waals surface area contributed by atoms with Crippen molar-refractivity contribution in [3.05, 3.63) is 89.2 Å². The molecule has 40 heavy (non-hydrogen) atoms. The SMILES string of the molecule is Cc1cc(CN2CCN(Cc3ccncc3)C(C(=O)NC(C)C)C2)ccc1-c1ccc(C(C)(O)C(F)(F)F)cc1. The second kappa shape index (κ2) is 12.1. The van der Waals surface area contributed by atoms with Gasteiger partial charge in [-0.25, -0.2) is 0 Å². The van der Waals surface area contributed by atoms with E-state index in [1.165, 1.54) is 12.1 Å². The van der Waals surface area contributed by atoms with Crippen LogP contribution < -0.4 is 5.32 Å². The Labute approximate surface area is 233 Å². The van der Waals surface area contributed by atoms with Gasteiger partial charge in [0.25, 0.3) is 0 Å². The number of pyridine rings is 1. The van der Waals surface area contributed by atoms with Crippen LogP contribution in [0.3, 0.4) is 0 Å². The third-order valence-corrected chi connectivity index (χ3v) is 7.45.